The molecule has 0 unspecified atom stereocenters. The summed E-state index contributed by atoms with van der Waals surface area (Å²) in [6.07, 6.45) is 0.761. The minimum atomic E-state index is -0.141. The van der Waals surface area contributed by atoms with Crippen LogP contribution in [0.5, 0.6) is 5.75 Å². The largest absolute Gasteiger partial charge is 0.497 e. The van der Waals surface area contributed by atoms with Crippen molar-refractivity contribution >= 4 is 39.9 Å². The van der Waals surface area contributed by atoms with E-state index in [-0.39, 0.29) is 23.7 Å². The Hall–Kier alpha value is -3.83. The minimum absolute atomic E-state index is 0.0178. The average molecular weight is 485 g/mol. The van der Waals surface area contributed by atoms with E-state index in [2.05, 4.69) is 10.6 Å². The number of hydrogen-bond acceptors (Lipinski definition) is 3. The molecule has 2 amide bonds. The maximum Gasteiger partial charge on any atom is 0.251 e. The number of halogens is 1. The molecule has 0 heterocycles. The molecule has 1 aliphatic carbocycles. The van der Waals surface area contributed by atoms with Crippen molar-refractivity contribution in [3.8, 4) is 5.75 Å². The number of fused-ring (bicyclic) bond motifs is 1. The Labute approximate surface area is 209 Å². The van der Waals surface area contributed by atoms with Crippen molar-refractivity contribution in [1.29, 1.82) is 0 Å². The van der Waals surface area contributed by atoms with E-state index in [0.717, 1.165) is 39.8 Å². The van der Waals surface area contributed by atoms with Gasteiger partial charge in [-0.1, -0.05) is 54.1 Å². The number of anilines is 1. The lowest BCUT2D eigenvalue weighted by Crippen LogP contribution is -2.22. The summed E-state index contributed by atoms with van der Waals surface area (Å²) in [5.41, 5.74) is 3.31. The second kappa shape index (κ2) is 9.80. The molecule has 1 aliphatic rings. The molecule has 0 aliphatic heterocycles. The first-order chi connectivity index (χ1) is 17.0. The molecule has 35 heavy (non-hydrogen) atoms. The average Bonchev–Trinajstić information content (AvgIpc) is 3.70. The fourth-order valence-electron chi connectivity index (χ4n) is 4.34. The van der Waals surface area contributed by atoms with Crippen LogP contribution in [-0.4, -0.2) is 18.9 Å². The summed E-state index contributed by atoms with van der Waals surface area (Å²) < 4.78 is 5.16. The number of carbonyl (C=O) groups excluding carboxylic acids is 2. The first kappa shape index (κ1) is 22.9. The predicted octanol–water partition coefficient (Wildman–Crippen LogP) is 6.17. The zero-order valence-corrected chi connectivity index (χ0v) is 20.0. The van der Waals surface area contributed by atoms with Crippen LogP contribution in [0.2, 0.25) is 5.02 Å². The molecule has 2 atom stereocenters. The van der Waals surface area contributed by atoms with Crippen LogP contribution in [0.15, 0.2) is 84.9 Å². The number of amides is 2. The van der Waals surface area contributed by atoms with Gasteiger partial charge in [-0.05, 0) is 71.3 Å². The van der Waals surface area contributed by atoms with Gasteiger partial charge in [0.1, 0.15) is 5.75 Å². The van der Waals surface area contributed by atoms with Gasteiger partial charge in [0.2, 0.25) is 5.91 Å². The standard InChI is InChI=1S/C29H25ClN2O3/c1-35-23-12-8-18(9-13-23)17-31-28(33)21-6-2-5-20(14-21)24-16-26(24)29(34)32-22-11-10-19-4-3-7-27(30)25(19)15-22/h2-15,24,26H,16-17H2,1H3,(H,31,33)(H,32,34)/t24-,26+/m0/s1. The third-order valence-electron chi connectivity index (χ3n) is 6.41. The van der Waals surface area contributed by atoms with Crippen molar-refractivity contribution in [2.75, 3.05) is 12.4 Å². The van der Waals surface area contributed by atoms with E-state index in [9.17, 15) is 9.59 Å². The van der Waals surface area contributed by atoms with Gasteiger partial charge in [0.15, 0.2) is 0 Å². The summed E-state index contributed by atoms with van der Waals surface area (Å²) in [5.74, 6) is 0.608. The smallest absolute Gasteiger partial charge is 0.251 e. The molecular formula is C29H25ClN2O3. The van der Waals surface area contributed by atoms with Gasteiger partial charge >= 0.3 is 0 Å². The zero-order chi connectivity index (χ0) is 24.4. The van der Waals surface area contributed by atoms with Gasteiger partial charge in [0, 0.05) is 34.1 Å². The molecule has 0 spiro atoms. The lowest BCUT2D eigenvalue weighted by Gasteiger charge is -2.09. The maximum absolute atomic E-state index is 12.9. The number of nitrogens with one attached hydrogen (secondary N) is 2. The minimum Gasteiger partial charge on any atom is -0.497 e. The predicted molar refractivity (Wildman–Crippen MR) is 139 cm³/mol. The van der Waals surface area contributed by atoms with Crippen LogP contribution in [-0.2, 0) is 11.3 Å². The summed E-state index contributed by atoms with van der Waals surface area (Å²) >= 11 is 6.30. The Morgan fingerprint density at radius 1 is 0.971 bits per heavy atom. The molecule has 1 saturated carbocycles. The molecule has 1 fully saturated rings. The number of carbonyl (C=O) groups is 2. The van der Waals surface area contributed by atoms with Crippen LogP contribution in [0.25, 0.3) is 10.8 Å². The highest BCUT2D eigenvalue weighted by Crippen LogP contribution is 2.48. The van der Waals surface area contributed by atoms with E-state index in [0.29, 0.717) is 17.1 Å². The van der Waals surface area contributed by atoms with Gasteiger partial charge in [-0.15, -0.1) is 0 Å². The summed E-state index contributed by atoms with van der Waals surface area (Å²) in [5, 5.41) is 8.57. The number of rotatable bonds is 7. The highest BCUT2D eigenvalue weighted by molar-refractivity contribution is 6.35. The van der Waals surface area contributed by atoms with Crippen LogP contribution < -0.4 is 15.4 Å². The third-order valence-corrected chi connectivity index (χ3v) is 6.74. The quantitative estimate of drug-likeness (QED) is 0.329. The lowest BCUT2D eigenvalue weighted by molar-refractivity contribution is -0.117. The van der Waals surface area contributed by atoms with Crippen LogP contribution in [0.1, 0.15) is 33.8 Å². The van der Waals surface area contributed by atoms with E-state index >= 15 is 0 Å². The molecule has 2 N–H and O–H groups in total. The first-order valence-electron chi connectivity index (χ1n) is 11.5. The Kier molecular flexibility index (Phi) is 6.43. The molecule has 0 aromatic heterocycles. The molecule has 0 saturated heterocycles. The SMILES string of the molecule is COc1ccc(CNC(=O)c2cccc([C@@H]3C[C@H]3C(=O)Nc3ccc4cccc(Cl)c4c3)c2)cc1. The highest BCUT2D eigenvalue weighted by Gasteiger charge is 2.44. The Bertz CT molecular complexity index is 1400. The monoisotopic (exact) mass is 484 g/mol. The van der Waals surface area contributed by atoms with Gasteiger partial charge < -0.3 is 15.4 Å². The van der Waals surface area contributed by atoms with Crippen LogP contribution >= 0.6 is 11.6 Å². The van der Waals surface area contributed by atoms with Gasteiger partial charge in [0.05, 0.1) is 7.11 Å². The number of methoxy groups -OCH3 is 1. The first-order valence-corrected chi connectivity index (χ1v) is 11.9. The second-order valence-electron chi connectivity index (χ2n) is 8.77. The topological polar surface area (TPSA) is 67.4 Å². The summed E-state index contributed by atoms with van der Waals surface area (Å²) in [6, 6.07) is 26.6. The van der Waals surface area contributed by atoms with E-state index < -0.39 is 0 Å². The normalized spacial score (nSPS) is 16.5. The molecule has 4 aromatic carbocycles. The van der Waals surface area contributed by atoms with Crippen LogP contribution in [0.4, 0.5) is 5.69 Å². The lowest BCUT2D eigenvalue weighted by atomic mass is 10.0. The van der Waals surface area contributed by atoms with Crippen molar-refractivity contribution in [2.45, 2.75) is 18.9 Å². The fraction of sp³-hybridized carbons (Fsp3) is 0.172. The molecule has 5 rings (SSSR count). The van der Waals surface area contributed by atoms with Crippen molar-refractivity contribution in [3.63, 3.8) is 0 Å². The van der Waals surface area contributed by atoms with E-state index in [1.165, 1.54) is 0 Å². The summed E-state index contributed by atoms with van der Waals surface area (Å²) in [6.45, 7) is 0.428. The van der Waals surface area contributed by atoms with E-state index in [1.807, 2.05) is 78.9 Å². The van der Waals surface area contributed by atoms with Crippen molar-refractivity contribution < 1.29 is 14.3 Å². The fourth-order valence-corrected chi connectivity index (χ4v) is 4.58. The van der Waals surface area contributed by atoms with E-state index in [4.69, 9.17) is 16.3 Å². The Morgan fingerprint density at radius 3 is 2.57 bits per heavy atom. The van der Waals surface area contributed by atoms with Gasteiger partial charge in [-0.25, -0.2) is 0 Å². The van der Waals surface area contributed by atoms with Gasteiger partial charge in [-0.3, -0.25) is 9.59 Å². The number of benzene rings is 4. The molecular weight excluding hydrogens is 460 g/mol. The van der Waals surface area contributed by atoms with Crippen molar-refractivity contribution in [3.05, 3.63) is 107 Å². The molecule has 0 bridgehead atoms. The number of hydrogen-bond donors (Lipinski definition) is 2. The number of ether oxygens (including phenoxy) is 1. The van der Waals surface area contributed by atoms with Gasteiger partial charge in [0.25, 0.3) is 5.91 Å². The van der Waals surface area contributed by atoms with Gasteiger partial charge in [-0.2, -0.15) is 0 Å². The summed E-state index contributed by atoms with van der Waals surface area (Å²) in [7, 11) is 1.62. The zero-order valence-electron chi connectivity index (χ0n) is 19.3. The molecule has 176 valence electrons. The highest BCUT2D eigenvalue weighted by atomic mass is 35.5. The van der Waals surface area contributed by atoms with Crippen LogP contribution in [0.3, 0.4) is 0 Å². The third kappa shape index (κ3) is 5.15. The van der Waals surface area contributed by atoms with Crippen LogP contribution in [0, 0.1) is 5.92 Å². The molecule has 0 radical (unpaired) electrons. The molecule has 6 heteroatoms. The maximum atomic E-state index is 12.9. The Balaban J connectivity index is 1.20. The molecule has 5 nitrogen and oxygen atoms in total. The van der Waals surface area contributed by atoms with E-state index in [1.54, 1.807) is 13.2 Å². The van der Waals surface area contributed by atoms with Crippen molar-refractivity contribution in [2.24, 2.45) is 5.92 Å². The molecule has 4 aromatic rings. The summed E-state index contributed by atoms with van der Waals surface area (Å²) in [4.78, 5) is 25.6. The Morgan fingerprint density at radius 2 is 1.77 bits per heavy atom. The van der Waals surface area contributed by atoms with Crippen molar-refractivity contribution in [1.82, 2.24) is 5.32 Å². The second-order valence-corrected chi connectivity index (χ2v) is 9.18.